The van der Waals surface area contributed by atoms with Crippen LogP contribution in [0.3, 0.4) is 0 Å². The van der Waals surface area contributed by atoms with Gasteiger partial charge in [0.2, 0.25) is 5.88 Å². The molecule has 0 unspecified atom stereocenters. The van der Waals surface area contributed by atoms with Crippen molar-refractivity contribution in [1.82, 2.24) is 0 Å². The molecule has 0 atom stereocenters. The van der Waals surface area contributed by atoms with Crippen molar-refractivity contribution in [3.8, 4) is 6.07 Å². The first-order valence-electron chi connectivity index (χ1n) is 6.05. The van der Waals surface area contributed by atoms with Gasteiger partial charge in [0.25, 0.3) is 5.91 Å². The zero-order valence-corrected chi connectivity index (χ0v) is 12.1. The van der Waals surface area contributed by atoms with E-state index in [1.165, 1.54) is 13.0 Å². The maximum atomic E-state index is 12.1. The quantitative estimate of drug-likeness (QED) is 0.879. The zero-order chi connectivity index (χ0) is 15.6. The number of furan rings is 1. The molecule has 1 N–H and O–H groups in total. The fourth-order valence-corrected chi connectivity index (χ4v) is 2.16. The van der Waals surface area contributed by atoms with Gasteiger partial charge in [-0.15, -0.1) is 0 Å². The van der Waals surface area contributed by atoms with E-state index in [1.54, 1.807) is 25.1 Å². The topological polar surface area (TPSA) is 83.1 Å². The Morgan fingerprint density at radius 2 is 2.10 bits per heavy atom. The fourth-order valence-electron chi connectivity index (χ4n) is 1.97. The van der Waals surface area contributed by atoms with Gasteiger partial charge in [-0.05, 0) is 32.0 Å². The predicted octanol–water partition coefficient (Wildman–Crippen LogP) is 3.57. The summed E-state index contributed by atoms with van der Waals surface area (Å²) < 4.78 is 5.31. The first kappa shape index (κ1) is 14.8. The van der Waals surface area contributed by atoms with Crippen molar-refractivity contribution in [3.05, 3.63) is 51.7 Å². The van der Waals surface area contributed by atoms with Crippen LogP contribution in [0.15, 0.2) is 28.7 Å². The molecule has 1 amide bonds. The van der Waals surface area contributed by atoms with Crippen molar-refractivity contribution in [1.29, 1.82) is 5.26 Å². The summed E-state index contributed by atoms with van der Waals surface area (Å²) in [6.45, 7) is 2.90. The maximum Gasteiger partial charge on any atom is 0.258 e. The number of amides is 1. The number of ketones is 1. The number of hydrogen-bond acceptors (Lipinski definition) is 4. The van der Waals surface area contributed by atoms with E-state index in [1.807, 2.05) is 6.07 Å². The molecular formula is C15H11ClN2O3. The van der Waals surface area contributed by atoms with Crippen molar-refractivity contribution in [3.63, 3.8) is 0 Å². The number of carbonyl (C=O) groups is 2. The summed E-state index contributed by atoms with van der Waals surface area (Å²) in [5, 5.41) is 12.1. The van der Waals surface area contributed by atoms with Gasteiger partial charge in [-0.3, -0.25) is 14.9 Å². The Kier molecular flexibility index (Phi) is 4.10. The lowest BCUT2D eigenvalue weighted by atomic mass is 10.1. The summed E-state index contributed by atoms with van der Waals surface area (Å²) in [5.74, 6) is -0.514. The molecule has 0 fully saturated rings. The third-order valence-electron chi connectivity index (χ3n) is 2.86. The number of nitrogens with one attached hydrogen (secondary N) is 1. The van der Waals surface area contributed by atoms with Crippen LogP contribution < -0.4 is 5.32 Å². The lowest BCUT2D eigenvalue weighted by molar-refractivity contribution is 0.101. The van der Waals surface area contributed by atoms with Gasteiger partial charge in [0.05, 0.1) is 5.56 Å². The molecule has 0 aliphatic rings. The predicted molar refractivity (Wildman–Crippen MR) is 77.6 cm³/mol. The Morgan fingerprint density at radius 1 is 1.38 bits per heavy atom. The molecule has 1 aromatic heterocycles. The van der Waals surface area contributed by atoms with E-state index >= 15 is 0 Å². The number of nitrogens with zero attached hydrogens (tertiary/aromatic N) is 1. The van der Waals surface area contributed by atoms with Gasteiger partial charge in [0.15, 0.2) is 5.78 Å². The van der Waals surface area contributed by atoms with Gasteiger partial charge in [0.1, 0.15) is 17.4 Å². The van der Waals surface area contributed by atoms with E-state index in [-0.39, 0.29) is 22.8 Å². The molecule has 0 saturated carbocycles. The minimum Gasteiger partial charge on any atom is -0.443 e. The van der Waals surface area contributed by atoms with Crippen molar-refractivity contribution in [2.75, 3.05) is 5.32 Å². The van der Waals surface area contributed by atoms with Crippen molar-refractivity contribution in [2.45, 2.75) is 13.8 Å². The molecule has 0 spiro atoms. The van der Waals surface area contributed by atoms with E-state index < -0.39 is 5.91 Å². The minimum atomic E-state index is -0.474. The van der Waals surface area contributed by atoms with Gasteiger partial charge in [0, 0.05) is 10.6 Å². The van der Waals surface area contributed by atoms with Gasteiger partial charge in [-0.25, -0.2) is 0 Å². The van der Waals surface area contributed by atoms with Gasteiger partial charge in [-0.2, -0.15) is 5.26 Å². The summed E-state index contributed by atoms with van der Waals surface area (Å²) >= 11 is 5.82. The number of aryl methyl sites for hydroxylation is 1. The van der Waals surface area contributed by atoms with Crippen LogP contribution in [-0.4, -0.2) is 11.7 Å². The molecule has 0 saturated heterocycles. The van der Waals surface area contributed by atoms with Crippen molar-refractivity contribution in [2.24, 2.45) is 0 Å². The van der Waals surface area contributed by atoms with Gasteiger partial charge < -0.3 is 4.42 Å². The van der Waals surface area contributed by atoms with E-state index in [9.17, 15) is 9.59 Å². The Balaban J connectivity index is 2.37. The third kappa shape index (κ3) is 2.96. The minimum absolute atomic E-state index is 0.0235. The molecule has 0 radical (unpaired) electrons. The molecule has 21 heavy (non-hydrogen) atoms. The van der Waals surface area contributed by atoms with Crippen LogP contribution in [0.4, 0.5) is 5.88 Å². The second kappa shape index (κ2) is 5.81. The van der Waals surface area contributed by atoms with E-state index in [0.29, 0.717) is 16.3 Å². The zero-order valence-electron chi connectivity index (χ0n) is 11.4. The summed E-state index contributed by atoms with van der Waals surface area (Å²) in [5.41, 5.74) is 0.527. The molecule has 1 heterocycles. The fraction of sp³-hybridized carbons (Fsp3) is 0.133. The lowest BCUT2D eigenvalue weighted by Crippen LogP contribution is -2.12. The van der Waals surface area contributed by atoms with Crippen LogP contribution in [0.2, 0.25) is 5.02 Å². The largest absolute Gasteiger partial charge is 0.443 e. The number of carbonyl (C=O) groups excluding carboxylic acids is 2. The Bertz CT molecular complexity index is 772. The van der Waals surface area contributed by atoms with Crippen LogP contribution in [0.1, 0.15) is 39.0 Å². The van der Waals surface area contributed by atoms with Crippen LogP contribution in [0.25, 0.3) is 0 Å². The summed E-state index contributed by atoms with van der Waals surface area (Å²) in [6.07, 6.45) is 0. The molecular weight excluding hydrogens is 292 g/mol. The number of benzene rings is 1. The van der Waals surface area contributed by atoms with Crippen LogP contribution in [0.5, 0.6) is 0 Å². The highest BCUT2D eigenvalue weighted by atomic mass is 35.5. The van der Waals surface area contributed by atoms with Crippen LogP contribution >= 0.6 is 11.6 Å². The third-order valence-corrected chi connectivity index (χ3v) is 3.10. The van der Waals surface area contributed by atoms with Crippen LogP contribution in [0, 0.1) is 18.3 Å². The number of nitriles is 1. The van der Waals surface area contributed by atoms with E-state index in [2.05, 4.69) is 5.32 Å². The molecule has 0 aliphatic heterocycles. The van der Waals surface area contributed by atoms with E-state index in [4.69, 9.17) is 21.3 Å². The normalized spacial score (nSPS) is 10.0. The first-order chi connectivity index (χ1) is 9.93. The molecule has 1 aromatic carbocycles. The van der Waals surface area contributed by atoms with Crippen LogP contribution in [-0.2, 0) is 0 Å². The highest BCUT2D eigenvalue weighted by Crippen LogP contribution is 2.27. The molecule has 0 aliphatic carbocycles. The average Bonchev–Trinajstić information content (AvgIpc) is 2.74. The Morgan fingerprint density at radius 3 is 2.67 bits per heavy atom. The van der Waals surface area contributed by atoms with Crippen molar-refractivity contribution < 1.29 is 14.0 Å². The SMILES string of the molecule is CC(=O)c1c(C)oc(NC(=O)c2cccc(Cl)c2)c1C#N. The summed E-state index contributed by atoms with van der Waals surface area (Å²) in [4.78, 5) is 23.6. The standard InChI is InChI=1S/C15H11ClN2O3/c1-8(19)13-9(2)21-15(12(13)7-17)18-14(20)10-4-3-5-11(16)6-10/h3-6H,1-2H3,(H,18,20). The lowest BCUT2D eigenvalue weighted by Gasteiger charge is -2.03. The van der Waals surface area contributed by atoms with Gasteiger partial charge in [-0.1, -0.05) is 17.7 Å². The Labute approximate surface area is 126 Å². The second-order valence-electron chi connectivity index (χ2n) is 4.37. The number of halogens is 1. The monoisotopic (exact) mass is 302 g/mol. The van der Waals surface area contributed by atoms with E-state index in [0.717, 1.165) is 0 Å². The number of hydrogen-bond donors (Lipinski definition) is 1. The van der Waals surface area contributed by atoms with Gasteiger partial charge >= 0.3 is 0 Å². The number of anilines is 1. The molecule has 2 aromatic rings. The number of Topliss-reactive ketones (excluding diaryl/α,β-unsaturated/α-hetero) is 1. The highest BCUT2D eigenvalue weighted by molar-refractivity contribution is 6.31. The first-order valence-corrected chi connectivity index (χ1v) is 6.43. The number of rotatable bonds is 3. The maximum absolute atomic E-state index is 12.1. The Hall–Kier alpha value is -2.58. The summed E-state index contributed by atoms with van der Waals surface area (Å²) in [7, 11) is 0. The molecule has 5 nitrogen and oxygen atoms in total. The molecule has 6 heteroatoms. The molecule has 0 bridgehead atoms. The molecule has 2 rings (SSSR count). The smallest absolute Gasteiger partial charge is 0.258 e. The molecule has 106 valence electrons. The summed E-state index contributed by atoms with van der Waals surface area (Å²) in [6, 6.07) is 8.23. The average molecular weight is 303 g/mol. The second-order valence-corrected chi connectivity index (χ2v) is 4.81. The highest BCUT2D eigenvalue weighted by Gasteiger charge is 2.22. The van der Waals surface area contributed by atoms with Crippen molar-refractivity contribution >= 4 is 29.2 Å².